The third kappa shape index (κ3) is 6.68. The summed E-state index contributed by atoms with van der Waals surface area (Å²) < 4.78 is 0. The van der Waals surface area contributed by atoms with Crippen molar-refractivity contribution < 1.29 is 29.1 Å². The van der Waals surface area contributed by atoms with Crippen molar-refractivity contribution in [3.63, 3.8) is 0 Å². The van der Waals surface area contributed by atoms with Crippen LogP contribution in [0.2, 0.25) is 0 Å². The number of hydrogen-bond donors (Lipinski definition) is 6. The van der Waals surface area contributed by atoms with Crippen molar-refractivity contribution in [2.24, 2.45) is 11.7 Å². The fourth-order valence-corrected chi connectivity index (χ4v) is 5.15. The molecule has 0 saturated heterocycles. The first-order valence-electron chi connectivity index (χ1n) is 13.5. The van der Waals surface area contributed by atoms with Crippen molar-refractivity contribution in [1.29, 1.82) is 0 Å². The number of primary amides is 1. The summed E-state index contributed by atoms with van der Waals surface area (Å²) in [6, 6.07) is 11.7. The summed E-state index contributed by atoms with van der Waals surface area (Å²) in [5.41, 5.74) is 9.60. The average Bonchev–Trinajstić information content (AvgIpc) is 3.29. The van der Waals surface area contributed by atoms with E-state index in [9.17, 15) is 29.1 Å². The highest BCUT2D eigenvalue weighted by molar-refractivity contribution is 5.94. The molecule has 12 heteroatoms. The van der Waals surface area contributed by atoms with Crippen LogP contribution in [0.5, 0.6) is 0 Å². The van der Waals surface area contributed by atoms with E-state index in [0.29, 0.717) is 5.69 Å². The molecule has 0 radical (unpaired) electrons. The number of aromatic nitrogens is 1. The number of fused-ring (bicyclic) bond motifs is 3. The third-order valence-electron chi connectivity index (χ3n) is 7.25. The lowest BCUT2D eigenvalue weighted by Gasteiger charge is -2.38. The van der Waals surface area contributed by atoms with Crippen molar-refractivity contribution in [3.05, 3.63) is 70.9 Å². The first-order valence-corrected chi connectivity index (χ1v) is 13.5. The molecule has 0 unspecified atom stereocenters. The summed E-state index contributed by atoms with van der Waals surface area (Å²) in [5.74, 6) is -1.82. The number of aryl methyl sites for hydroxylation is 1. The molecule has 0 spiro atoms. The largest absolute Gasteiger partial charge is 0.481 e. The zero-order valence-electron chi connectivity index (χ0n) is 23.6. The van der Waals surface area contributed by atoms with E-state index >= 15 is 0 Å². The van der Waals surface area contributed by atoms with Crippen LogP contribution in [-0.4, -0.2) is 63.0 Å². The van der Waals surface area contributed by atoms with Gasteiger partial charge in [0.2, 0.25) is 11.8 Å². The number of anilines is 1. The van der Waals surface area contributed by atoms with E-state index < -0.39 is 54.4 Å². The molecule has 12 nitrogen and oxygen atoms in total. The van der Waals surface area contributed by atoms with Gasteiger partial charge in [0.25, 0.3) is 0 Å². The summed E-state index contributed by atoms with van der Waals surface area (Å²) in [4.78, 5) is 67.4. The van der Waals surface area contributed by atoms with Gasteiger partial charge in [-0.25, -0.2) is 9.59 Å². The number of nitrogens with zero attached hydrogens (tertiary/aromatic N) is 1. The molecule has 0 bridgehead atoms. The molecule has 3 atom stereocenters. The number of aliphatic carboxylic acids is 1. The number of carbonyl (C=O) groups excluding carboxylic acids is 4. The molecular formula is C30H34N6O6. The van der Waals surface area contributed by atoms with E-state index in [1.807, 2.05) is 55.3 Å². The Balaban J connectivity index is 1.71. The fraction of sp³-hybridized carbons (Fsp3) is 0.333. The maximum absolute atomic E-state index is 13.7. The van der Waals surface area contributed by atoms with Crippen LogP contribution in [0.4, 0.5) is 10.5 Å². The van der Waals surface area contributed by atoms with Gasteiger partial charge in [-0.2, -0.15) is 0 Å². The van der Waals surface area contributed by atoms with Gasteiger partial charge in [0, 0.05) is 34.3 Å². The Morgan fingerprint density at radius 1 is 1.14 bits per heavy atom. The van der Waals surface area contributed by atoms with E-state index in [1.165, 1.54) is 4.90 Å². The van der Waals surface area contributed by atoms with Gasteiger partial charge in [-0.15, -0.1) is 0 Å². The van der Waals surface area contributed by atoms with Crippen LogP contribution in [0.25, 0.3) is 10.9 Å². The van der Waals surface area contributed by atoms with Crippen LogP contribution in [0.15, 0.2) is 54.1 Å². The number of aromatic amines is 1. The number of rotatable bonds is 10. The Labute approximate surface area is 242 Å². The van der Waals surface area contributed by atoms with Crippen LogP contribution < -0.4 is 21.7 Å². The average molecular weight is 575 g/mol. The van der Waals surface area contributed by atoms with E-state index in [2.05, 4.69) is 20.9 Å². The number of nitrogens with two attached hydrogens (primary N) is 1. The SMILES string of the molecule is Cc1cccc(NC(=O)N2Cc3[nH]c4ccccc4c3C[C@@H]2N[C@H](C(=O)N[C@H](CC(=O)O)C(N)=O)C(=C=O)C(C)C)c1. The molecule has 1 aliphatic rings. The molecular weight excluding hydrogens is 540 g/mol. The summed E-state index contributed by atoms with van der Waals surface area (Å²) in [6.45, 7) is 5.47. The standard InChI is InChI=1S/C30H34N6O6/c1-16(2)21(15-37)27(29(41)34-23(28(31)40)13-26(38)39)35-25-12-20-19-9-4-5-10-22(19)33-24(20)14-36(25)30(42)32-18-8-6-7-17(3)11-18/h4-11,16,23,25,27,33,35H,12-14H2,1-3H3,(H2,31,40)(H,32,42)(H,34,41)(H,38,39)/t23-,25-,27+/m1/s1. The number of H-pyrrole nitrogens is 1. The highest BCUT2D eigenvalue weighted by Crippen LogP contribution is 2.31. The second kappa shape index (κ2) is 12.7. The minimum atomic E-state index is -1.51. The molecule has 1 aromatic heterocycles. The molecule has 0 fully saturated rings. The van der Waals surface area contributed by atoms with Gasteiger partial charge >= 0.3 is 12.0 Å². The maximum atomic E-state index is 13.7. The van der Waals surface area contributed by atoms with Crippen LogP contribution in [0.1, 0.15) is 37.1 Å². The van der Waals surface area contributed by atoms with Crippen molar-refractivity contribution in [3.8, 4) is 0 Å². The molecule has 1 aliphatic heterocycles. The first-order chi connectivity index (χ1) is 20.0. The molecule has 4 amide bonds. The zero-order valence-corrected chi connectivity index (χ0v) is 23.6. The van der Waals surface area contributed by atoms with Crippen molar-refractivity contribution in [1.82, 2.24) is 20.5 Å². The molecule has 0 saturated carbocycles. The molecule has 42 heavy (non-hydrogen) atoms. The highest BCUT2D eigenvalue weighted by Gasteiger charge is 2.38. The monoisotopic (exact) mass is 574 g/mol. The van der Waals surface area contributed by atoms with Crippen LogP contribution in [0.3, 0.4) is 0 Å². The number of amides is 4. The topological polar surface area (TPSA) is 187 Å². The second-order valence-corrected chi connectivity index (χ2v) is 10.6. The fourth-order valence-electron chi connectivity index (χ4n) is 5.15. The number of hydrogen-bond acceptors (Lipinski definition) is 6. The van der Waals surface area contributed by atoms with E-state index in [4.69, 9.17) is 5.73 Å². The van der Waals surface area contributed by atoms with Crippen LogP contribution in [0, 0.1) is 12.8 Å². The first kappa shape index (κ1) is 30.0. The molecule has 7 N–H and O–H groups in total. The number of nitrogens with one attached hydrogen (secondary N) is 4. The summed E-state index contributed by atoms with van der Waals surface area (Å²) in [6.07, 6.45) is -1.24. The highest BCUT2D eigenvalue weighted by atomic mass is 16.4. The maximum Gasteiger partial charge on any atom is 0.323 e. The van der Waals surface area contributed by atoms with E-state index in [1.54, 1.807) is 19.9 Å². The predicted molar refractivity (Wildman–Crippen MR) is 156 cm³/mol. The van der Waals surface area contributed by atoms with Gasteiger partial charge in [0.1, 0.15) is 18.0 Å². The number of carboxylic acids is 1. The van der Waals surface area contributed by atoms with Gasteiger partial charge in [0.15, 0.2) is 0 Å². The summed E-state index contributed by atoms with van der Waals surface area (Å²) >= 11 is 0. The van der Waals surface area contributed by atoms with Crippen LogP contribution in [-0.2, 0) is 32.1 Å². The quantitative estimate of drug-likeness (QED) is 0.200. The Morgan fingerprint density at radius 2 is 1.88 bits per heavy atom. The Morgan fingerprint density at radius 3 is 2.52 bits per heavy atom. The Bertz CT molecular complexity index is 1570. The van der Waals surface area contributed by atoms with Gasteiger partial charge in [0.05, 0.1) is 19.1 Å². The minimum absolute atomic E-state index is 0.0369. The molecule has 0 aliphatic carbocycles. The van der Waals surface area contributed by atoms with Gasteiger partial charge in [-0.3, -0.25) is 19.7 Å². The van der Waals surface area contributed by atoms with Crippen molar-refractivity contribution in [2.75, 3.05) is 5.32 Å². The smallest absolute Gasteiger partial charge is 0.323 e. The number of urea groups is 1. The Kier molecular flexibility index (Phi) is 9.09. The molecule has 2 heterocycles. The minimum Gasteiger partial charge on any atom is -0.481 e. The van der Waals surface area contributed by atoms with Gasteiger partial charge in [-0.05, 0) is 42.2 Å². The molecule has 4 rings (SSSR count). The van der Waals surface area contributed by atoms with E-state index in [-0.39, 0.29) is 18.5 Å². The van der Waals surface area contributed by atoms with Crippen molar-refractivity contribution >= 4 is 46.3 Å². The summed E-state index contributed by atoms with van der Waals surface area (Å²) in [7, 11) is 0. The number of carbonyl (C=O) groups is 4. The lowest BCUT2D eigenvalue weighted by atomic mass is 9.94. The second-order valence-electron chi connectivity index (χ2n) is 10.6. The Hall–Kier alpha value is -4.93. The number of carboxylic acid groups (broad SMARTS) is 1. The molecule has 2 aromatic carbocycles. The molecule has 220 valence electrons. The normalized spacial score (nSPS) is 15.8. The van der Waals surface area contributed by atoms with E-state index in [0.717, 1.165) is 27.7 Å². The lowest BCUT2D eigenvalue weighted by Crippen LogP contribution is -2.61. The number of para-hydroxylation sites is 1. The molecule has 3 aromatic rings. The van der Waals surface area contributed by atoms with Crippen molar-refractivity contribution in [2.45, 2.75) is 58.4 Å². The van der Waals surface area contributed by atoms with Gasteiger partial charge in [-0.1, -0.05) is 44.2 Å². The third-order valence-corrected chi connectivity index (χ3v) is 7.25. The number of benzene rings is 2. The lowest BCUT2D eigenvalue weighted by molar-refractivity contribution is -0.140. The van der Waals surface area contributed by atoms with Crippen LogP contribution >= 0.6 is 0 Å². The summed E-state index contributed by atoms with van der Waals surface area (Å²) in [5, 5.41) is 18.6. The predicted octanol–water partition coefficient (Wildman–Crippen LogP) is 2.21. The zero-order chi connectivity index (χ0) is 30.6. The van der Waals surface area contributed by atoms with Gasteiger partial charge < -0.3 is 31.4 Å².